The van der Waals surface area contributed by atoms with Crippen molar-refractivity contribution in [2.75, 3.05) is 13.1 Å². The van der Waals surface area contributed by atoms with Crippen molar-refractivity contribution in [1.82, 2.24) is 9.80 Å². The summed E-state index contributed by atoms with van der Waals surface area (Å²) in [5, 5.41) is 9.15. The van der Waals surface area contributed by atoms with Crippen molar-refractivity contribution in [2.45, 2.75) is 43.6 Å². The molecular weight excluding hydrogens is 397 g/mol. The van der Waals surface area contributed by atoms with Crippen LogP contribution in [0.5, 0.6) is 0 Å². The summed E-state index contributed by atoms with van der Waals surface area (Å²) in [6, 6.07) is 15.2. The van der Waals surface area contributed by atoms with E-state index in [0.29, 0.717) is 44.3 Å². The van der Waals surface area contributed by atoms with Crippen LogP contribution < -0.4 is 0 Å². The van der Waals surface area contributed by atoms with Crippen LogP contribution in [-0.2, 0) is 9.53 Å². The third kappa shape index (κ3) is 3.19. The molecule has 5 rings (SSSR count). The van der Waals surface area contributed by atoms with E-state index < -0.39 is 11.4 Å². The summed E-state index contributed by atoms with van der Waals surface area (Å²) >= 11 is 0. The number of rotatable bonds is 2. The van der Waals surface area contributed by atoms with Crippen LogP contribution in [0, 0.1) is 17.1 Å². The molecule has 0 radical (unpaired) electrons. The molecule has 2 aromatic rings. The van der Waals surface area contributed by atoms with Crippen LogP contribution in [-0.4, -0.2) is 46.5 Å². The molecule has 6 nitrogen and oxygen atoms in total. The lowest BCUT2D eigenvalue weighted by Gasteiger charge is -2.37. The van der Waals surface area contributed by atoms with Gasteiger partial charge in [0.1, 0.15) is 18.1 Å². The first kappa shape index (κ1) is 19.7. The summed E-state index contributed by atoms with van der Waals surface area (Å²) in [6.07, 6.45) is 2.00. The number of hydrogen-bond donors (Lipinski definition) is 0. The first-order valence-corrected chi connectivity index (χ1v) is 10.6. The molecule has 3 aliphatic rings. The van der Waals surface area contributed by atoms with Gasteiger partial charge >= 0.3 is 0 Å². The molecule has 3 saturated heterocycles. The van der Waals surface area contributed by atoms with Crippen molar-refractivity contribution in [3.8, 4) is 6.07 Å². The maximum Gasteiger partial charge on any atom is 0.257 e. The number of halogens is 1. The molecule has 31 heavy (non-hydrogen) atoms. The number of fused-ring (bicyclic) bond motifs is 1. The van der Waals surface area contributed by atoms with Gasteiger partial charge in [0.15, 0.2) is 5.60 Å². The molecule has 3 aliphatic heterocycles. The topological polar surface area (TPSA) is 73.6 Å². The highest BCUT2D eigenvalue weighted by molar-refractivity contribution is 5.95. The molecule has 7 heteroatoms. The minimum Gasteiger partial charge on any atom is -0.342 e. The van der Waals surface area contributed by atoms with E-state index in [1.54, 1.807) is 28.0 Å². The summed E-state index contributed by atoms with van der Waals surface area (Å²) in [5.41, 5.74) is 0.471. The number of ether oxygens (including phenoxy) is 1. The zero-order chi connectivity index (χ0) is 21.6. The highest BCUT2D eigenvalue weighted by atomic mass is 19.1. The van der Waals surface area contributed by atoms with Crippen molar-refractivity contribution in [3.63, 3.8) is 0 Å². The Bertz CT molecular complexity index is 1070. The molecular formula is C24H22FN3O3. The fourth-order valence-electron chi connectivity index (χ4n) is 5.04. The van der Waals surface area contributed by atoms with Crippen molar-refractivity contribution in [3.05, 3.63) is 71.0 Å². The summed E-state index contributed by atoms with van der Waals surface area (Å²) in [6.45, 7) is 0.916. The van der Waals surface area contributed by atoms with Gasteiger partial charge in [-0.15, -0.1) is 0 Å². The Labute approximate surface area is 179 Å². The van der Waals surface area contributed by atoms with E-state index >= 15 is 0 Å². The molecule has 3 fully saturated rings. The van der Waals surface area contributed by atoms with E-state index in [-0.39, 0.29) is 29.6 Å². The first-order valence-electron chi connectivity index (χ1n) is 10.6. The Morgan fingerprint density at radius 3 is 2.58 bits per heavy atom. The number of amides is 2. The predicted octanol–water partition coefficient (Wildman–Crippen LogP) is 3.39. The van der Waals surface area contributed by atoms with Crippen molar-refractivity contribution in [2.24, 2.45) is 0 Å². The SMILES string of the molecule is N#Cc1cc(C2CCC3OC4(CCN(C(=O)c5ccccc5)CC4)C(=O)N32)ccc1F. The Balaban J connectivity index is 1.32. The van der Waals surface area contributed by atoms with Crippen LogP contribution in [0.3, 0.4) is 0 Å². The smallest absolute Gasteiger partial charge is 0.257 e. The number of nitriles is 1. The highest BCUT2D eigenvalue weighted by Crippen LogP contribution is 2.47. The van der Waals surface area contributed by atoms with Gasteiger partial charge in [-0.25, -0.2) is 4.39 Å². The number of benzene rings is 2. The minimum atomic E-state index is -0.908. The minimum absolute atomic E-state index is 0.0176. The molecule has 2 aromatic carbocycles. The van der Waals surface area contributed by atoms with Gasteiger partial charge in [-0.05, 0) is 42.7 Å². The van der Waals surface area contributed by atoms with Gasteiger partial charge in [-0.2, -0.15) is 5.26 Å². The second-order valence-electron chi connectivity index (χ2n) is 8.38. The van der Waals surface area contributed by atoms with Gasteiger partial charge in [0.25, 0.3) is 11.8 Å². The second-order valence-corrected chi connectivity index (χ2v) is 8.38. The van der Waals surface area contributed by atoms with Gasteiger partial charge in [0.2, 0.25) is 0 Å². The van der Waals surface area contributed by atoms with Crippen LogP contribution in [0.2, 0.25) is 0 Å². The maximum absolute atomic E-state index is 13.8. The molecule has 3 heterocycles. The number of carbonyl (C=O) groups excluding carboxylic acids is 2. The lowest BCUT2D eigenvalue weighted by atomic mass is 9.89. The third-order valence-electron chi connectivity index (χ3n) is 6.69. The van der Waals surface area contributed by atoms with Gasteiger partial charge in [0, 0.05) is 31.5 Å². The average molecular weight is 419 g/mol. The molecule has 2 unspecified atom stereocenters. The Hall–Kier alpha value is -3.24. The van der Waals surface area contributed by atoms with E-state index in [1.807, 2.05) is 24.3 Å². The van der Waals surface area contributed by atoms with E-state index in [2.05, 4.69) is 0 Å². The van der Waals surface area contributed by atoms with E-state index in [0.717, 1.165) is 5.56 Å². The quantitative estimate of drug-likeness (QED) is 0.748. The van der Waals surface area contributed by atoms with Crippen LogP contribution >= 0.6 is 0 Å². The Kier molecular flexibility index (Phi) is 4.75. The average Bonchev–Trinajstić information content (AvgIpc) is 3.33. The van der Waals surface area contributed by atoms with Crippen LogP contribution in [0.25, 0.3) is 0 Å². The van der Waals surface area contributed by atoms with Crippen LogP contribution in [0.15, 0.2) is 48.5 Å². The van der Waals surface area contributed by atoms with Crippen LogP contribution in [0.1, 0.15) is 53.2 Å². The molecule has 1 spiro atoms. The van der Waals surface area contributed by atoms with E-state index in [4.69, 9.17) is 10.00 Å². The van der Waals surface area contributed by atoms with Gasteiger partial charge < -0.3 is 14.5 Å². The summed E-state index contributed by atoms with van der Waals surface area (Å²) in [7, 11) is 0. The predicted molar refractivity (Wildman–Crippen MR) is 109 cm³/mol. The fraction of sp³-hybridized carbons (Fsp3) is 0.375. The van der Waals surface area contributed by atoms with Gasteiger partial charge in [-0.1, -0.05) is 24.3 Å². The zero-order valence-corrected chi connectivity index (χ0v) is 17.0. The maximum atomic E-state index is 13.8. The van der Waals surface area contributed by atoms with E-state index in [1.165, 1.54) is 12.1 Å². The fourth-order valence-corrected chi connectivity index (χ4v) is 5.04. The molecule has 158 valence electrons. The standard InChI is InChI=1S/C24H22FN3O3/c25-19-7-6-17(14-18(19)15-26)20-8-9-21-28(20)23(30)24(31-21)10-12-27(13-11-24)22(29)16-4-2-1-3-5-16/h1-7,14,20-21H,8-13H2. The number of nitrogens with zero attached hydrogens (tertiary/aromatic N) is 3. The lowest BCUT2D eigenvalue weighted by molar-refractivity contribution is -0.142. The van der Waals surface area contributed by atoms with E-state index in [9.17, 15) is 14.0 Å². The molecule has 0 aromatic heterocycles. The van der Waals surface area contributed by atoms with Crippen LogP contribution in [0.4, 0.5) is 4.39 Å². The molecule has 2 atom stereocenters. The molecule has 0 N–H and O–H groups in total. The summed E-state index contributed by atoms with van der Waals surface area (Å²) in [4.78, 5) is 29.8. The highest BCUT2D eigenvalue weighted by Gasteiger charge is 2.58. The summed E-state index contributed by atoms with van der Waals surface area (Å²) < 4.78 is 20.0. The Morgan fingerprint density at radius 1 is 1.13 bits per heavy atom. The number of likely N-dealkylation sites (tertiary alicyclic amines) is 1. The zero-order valence-electron chi connectivity index (χ0n) is 17.0. The normalized spacial score (nSPS) is 24.3. The lowest BCUT2D eigenvalue weighted by Crippen LogP contribution is -2.51. The van der Waals surface area contributed by atoms with Gasteiger partial charge in [-0.3, -0.25) is 9.59 Å². The van der Waals surface area contributed by atoms with Crippen molar-refractivity contribution < 1.29 is 18.7 Å². The second kappa shape index (κ2) is 7.47. The number of piperidine rings is 1. The molecule has 2 amide bonds. The van der Waals surface area contributed by atoms with Crippen molar-refractivity contribution in [1.29, 1.82) is 5.26 Å². The summed E-state index contributed by atoms with van der Waals surface area (Å²) in [5.74, 6) is -0.652. The number of carbonyl (C=O) groups is 2. The van der Waals surface area contributed by atoms with Gasteiger partial charge in [0.05, 0.1) is 11.6 Å². The first-order chi connectivity index (χ1) is 15.0. The van der Waals surface area contributed by atoms with Crippen molar-refractivity contribution >= 4 is 11.8 Å². The molecule has 0 saturated carbocycles. The number of hydrogen-bond acceptors (Lipinski definition) is 4. The monoisotopic (exact) mass is 419 g/mol. The Morgan fingerprint density at radius 2 is 1.87 bits per heavy atom. The molecule has 0 aliphatic carbocycles. The molecule has 0 bridgehead atoms. The largest absolute Gasteiger partial charge is 0.342 e. The third-order valence-corrected chi connectivity index (χ3v) is 6.69.